The number of hydrogen-bond acceptors (Lipinski definition) is 3. The number of anilines is 1. The van der Waals surface area contributed by atoms with Gasteiger partial charge in [-0.1, -0.05) is 6.07 Å². The van der Waals surface area contributed by atoms with Gasteiger partial charge in [0, 0.05) is 37.6 Å². The highest BCUT2D eigenvalue weighted by Gasteiger charge is 2.11. The lowest BCUT2D eigenvalue weighted by Gasteiger charge is -2.11. The van der Waals surface area contributed by atoms with Gasteiger partial charge in [0.15, 0.2) is 0 Å². The van der Waals surface area contributed by atoms with Gasteiger partial charge in [0.1, 0.15) is 0 Å². The number of benzene rings is 1. The third kappa shape index (κ3) is 3.38. The first-order chi connectivity index (χ1) is 9.60. The van der Waals surface area contributed by atoms with Crippen molar-refractivity contribution < 1.29 is 4.79 Å². The van der Waals surface area contributed by atoms with Crippen LogP contribution in [0.2, 0.25) is 0 Å². The van der Waals surface area contributed by atoms with Gasteiger partial charge in [0.2, 0.25) is 0 Å². The first-order valence-electron chi connectivity index (χ1n) is 6.70. The van der Waals surface area contributed by atoms with E-state index >= 15 is 0 Å². The summed E-state index contributed by atoms with van der Waals surface area (Å²) in [5, 5.41) is 10.2. The summed E-state index contributed by atoms with van der Waals surface area (Å²) in [5.41, 5.74) is 3.65. The second kappa shape index (κ2) is 6.23. The summed E-state index contributed by atoms with van der Waals surface area (Å²) >= 11 is 0. The van der Waals surface area contributed by atoms with Crippen LogP contribution in [0.3, 0.4) is 0 Å². The van der Waals surface area contributed by atoms with E-state index in [0.29, 0.717) is 12.1 Å². The van der Waals surface area contributed by atoms with E-state index in [1.165, 1.54) is 0 Å². The van der Waals surface area contributed by atoms with Crippen LogP contribution >= 0.6 is 0 Å². The molecule has 5 nitrogen and oxygen atoms in total. The lowest BCUT2D eigenvalue weighted by atomic mass is 10.1. The van der Waals surface area contributed by atoms with Crippen molar-refractivity contribution in [3.63, 3.8) is 0 Å². The fraction of sp³-hybridized carbons (Fsp3) is 0.333. The second-order valence-electron chi connectivity index (χ2n) is 4.78. The monoisotopic (exact) mass is 272 g/mol. The molecule has 0 aliphatic heterocycles. The molecule has 0 unspecified atom stereocenters. The Kier molecular flexibility index (Phi) is 4.40. The molecule has 0 saturated heterocycles. The molecule has 0 aliphatic rings. The average molecular weight is 272 g/mol. The molecule has 0 radical (unpaired) electrons. The van der Waals surface area contributed by atoms with E-state index in [-0.39, 0.29) is 5.91 Å². The highest BCUT2D eigenvalue weighted by atomic mass is 16.1. The number of aryl methyl sites for hydroxylation is 2. The van der Waals surface area contributed by atoms with E-state index in [2.05, 4.69) is 15.7 Å². The van der Waals surface area contributed by atoms with Crippen LogP contribution in [0.15, 0.2) is 30.6 Å². The molecule has 1 heterocycles. The van der Waals surface area contributed by atoms with Crippen molar-refractivity contribution in [3.05, 3.63) is 47.3 Å². The Morgan fingerprint density at radius 1 is 1.40 bits per heavy atom. The van der Waals surface area contributed by atoms with Crippen molar-refractivity contribution in [2.45, 2.75) is 20.4 Å². The molecular formula is C15H20N4O. The zero-order valence-corrected chi connectivity index (χ0v) is 12.1. The minimum Gasteiger partial charge on any atom is -0.385 e. The SMILES string of the molecule is CCNc1cc(C)ccc1C(=O)NCc1cnn(C)c1. The van der Waals surface area contributed by atoms with E-state index in [0.717, 1.165) is 23.4 Å². The smallest absolute Gasteiger partial charge is 0.253 e. The maximum absolute atomic E-state index is 12.3. The Morgan fingerprint density at radius 2 is 2.20 bits per heavy atom. The number of nitrogens with one attached hydrogen (secondary N) is 2. The van der Waals surface area contributed by atoms with Crippen LogP contribution in [-0.2, 0) is 13.6 Å². The molecule has 1 aromatic heterocycles. The standard InChI is InChI=1S/C15H20N4O/c1-4-16-14-7-11(2)5-6-13(14)15(20)17-8-12-9-18-19(3)10-12/h5-7,9-10,16H,4,8H2,1-3H3,(H,17,20). The van der Waals surface area contributed by atoms with E-state index in [9.17, 15) is 4.79 Å². The number of carbonyl (C=O) groups is 1. The van der Waals surface area contributed by atoms with E-state index < -0.39 is 0 Å². The third-order valence-corrected chi connectivity index (χ3v) is 3.00. The van der Waals surface area contributed by atoms with Crippen LogP contribution in [0.1, 0.15) is 28.4 Å². The summed E-state index contributed by atoms with van der Waals surface area (Å²) in [4.78, 5) is 12.3. The normalized spacial score (nSPS) is 10.3. The van der Waals surface area contributed by atoms with Gasteiger partial charge < -0.3 is 10.6 Å². The van der Waals surface area contributed by atoms with Crippen LogP contribution in [0.4, 0.5) is 5.69 Å². The Hall–Kier alpha value is -2.30. The first-order valence-corrected chi connectivity index (χ1v) is 6.70. The average Bonchev–Trinajstić information content (AvgIpc) is 2.82. The van der Waals surface area contributed by atoms with Crippen molar-refractivity contribution in [1.82, 2.24) is 15.1 Å². The summed E-state index contributed by atoms with van der Waals surface area (Å²) in [6.45, 7) is 5.29. The predicted octanol–water partition coefficient (Wildman–Crippen LogP) is 2.09. The Balaban J connectivity index is 2.08. The number of aromatic nitrogens is 2. The summed E-state index contributed by atoms with van der Waals surface area (Å²) < 4.78 is 1.72. The quantitative estimate of drug-likeness (QED) is 0.876. The van der Waals surface area contributed by atoms with Gasteiger partial charge in [-0.25, -0.2) is 0 Å². The van der Waals surface area contributed by atoms with Crippen molar-refractivity contribution in [3.8, 4) is 0 Å². The topological polar surface area (TPSA) is 59.0 Å². The van der Waals surface area contributed by atoms with Gasteiger partial charge in [-0.2, -0.15) is 5.10 Å². The van der Waals surface area contributed by atoms with Gasteiger partial charge in [-0.15, -0.1) is 0 Å². The van der Waals surface area contributed by atoms with Crippen LogP contribution in [0.5, 0.6) is 0 Å². The summed E-state index contributed by atoms with van der Waals surface area (Å²) in [5.74, 6) is -0.0789. The van der Waals surface area contributed by atoms with Crippen LogP contribution < -0.4 is 10.6 Å². The Labute approximate surface area is 119 Å². The molecule has 1 amide bonds. The molecule has 106 valence electrons. The maximum atomic E-state index is 12.3. The predicted molar refractivity (Wildman–Crippen MR) is 79.7 cm³/mol. The van der Waals surface area contributed by atoms with Crippen molar-refractivity contribution in [1.29, 1.82) is 0 Å². The molecule has 0 saturated carbocycles. The minimum atomic E-state index is -0.0789. The van der Waals surface area contributed by atoms with E-state index in [1.54, 1.807) is 10.9 Å². The molecule has 0 fully saturated rings. The second-order valence-corrected chi connectivity index (χ2v) is 4.78. The molecule has 0 atom stereocenters. The lowest BCUT2D eigenvalue weighted by Crippen LogP contribution is -2.23. The van der Waals surface area contributed by atoms with Crippen LogP contribution in [0.25, 0.3) is 0 Å². The molecule has 5 heteroatoms. The van der Waals surface area contributed by atoms with Crippen molar-refractivity contribution in [2.75, 3.05) is 11.9 Å². The molecule has 2 rings (SSSR count). The number of amides is 1. The Morgan fingerprint density at radius 3 is 2.85 bits per heavy atom. The molecule has 1 aromatic carbocycles. The highest BCUT2D eigenvalue weighted by molar-refractivity contribution is 5.99. The van der Waals surface area contributed by atoms with Crippen LogP contribution in [0, 0.1) is 6.92 Å². The van der Waals surface area contributed by atoms with Crippen molar-refractivity contribution in [2.24, 2.45) is 7.05 Å². The van der Waals surface area contributed by atoms with Gasteiger partial charge in [0.25, 0.3) is 5.91 Å². The zero-order valence-electron chi connectivity index (χ0n) is 12.1. The number of nitrogens with zero attached hydrogens (tertiary/aromatic N) is 2. The number of hydrogen-bond donors (Lipinski definition) is 2. The van der Waals surface area contributed by atoms with Gasteiger partial charge >= 0.3 is 0 Å². The third-order valence-electron chi connectivity index (χ3n) is 3.00. The van der Waals surface area contributed by atoms with Crippen LogP contribution in [-0.4, -0.2) is 22.2 Å². The van der Waals surface area contributed by atoms with E-state index in [1.807, 2.05) is 45.3 Å². The maximum Gasteiger partial charge on any atom is 0.253 e. The van der Waals surface area contributed by atoms with Gasteiger partial charge in [-0.3, -0.25) is 9.48 Å². The fourth-order valence-corrected chi connectivity index (χ4v) is 2.03. The molecule has 2 aromatic rings. The zero-order chi connectivity index (χ0) is 14.5. The molecule has 2 N–H and O–H groups in total. The largest absolute Gasteiger partial charge is 0.385 e. The molecule has 0 spiro atoms. The summed E-state index contributed by atoms with van der Waals surface area (Å²) in [7, 11) is 1.86. The van der Waals surface area contributed by atoms with Gasteiger partial charge in [-0.05, 0) is 31.5 Å². The highest BCUT2D eigenvalue weighted by Crippen LogP contribution is 2.17. The Bertz CT molecular complexity index is 604. The summed E-state index contributed by atoms with van der Waals surface area (Å²) in [6, 6.07) is 5.79. The molecule has 0 aliphatic carbocycles. The van der Waals surface area contributed by atoms with Gasteiger partial charge in [0.05, 0.1) is 11.8 Å². The minimum absolute atomic E-state index is 0.0789. The fourth-order valence-electron chi connectivity index (χ4n) is 2.03. The first kappa shape index (κ1) is 14.1. The lowest BCUT2D eigenvalue weighted by molar-refractivity contribution is 0.0951. The number of carbonyl (C=O) groups excluding carboxylic acids is 1. The van der Waals surface area contributed by atoms with Crippen molar-refractivity contribution >= 4 is 11.6 Å². The molecule has 20 heavy (non-hydrogen) atoms. The molecule has 0 bridgehead atoms. The molecular weight excluding hydrogens is 252 g/mol. The number of rotatable bonds is 5. The van der Waals surface area contributed by atoms with E-state index in [4.69, 9.17) is 0 Å². The summed E-state index contributed by atoms with van der Waals surface area (Å²) in [6.07, 6.45) is 3.64.